The lowest BCUT2D eigenvalue weighted by Gasteiger charge is -2.12. The van der Waals surface area contributed by atoms with E-state index in [9.17, 15) is 18.0 Å². The highest BCUT2D eigenvalue weighted by Crippen LogP contribution is 2.33. The van der Waals surface area contributed by atoms with E-state index >= 15 is 0 Å². The molecule has 32 heavy (non-hydrogen) atoms. The highest BCUT2D eigenvalue weighted by molar-refractivity contribution is 6.00. The van der Waals surface area contributed by atoms with Crippen molar-refractivity contribution in [3.63, 3.8) is 0 Å². The number of hydrogen-bond acceptors (Lipinski definition) is 4. The zero-order valence-electron chi connectivity index (χ0n) is 17.5. The SMILES string of the molecule is C=C(/C=C\C=C/C)CNC(=O)c1cnn2c(C(F)(F)F)cc(-c3ccc(OC)cc3)nc12. The zero-order chi connectivity index (χ0) is 23.3. The minimum absolute atomic E-state index is 0.0562. The summed E-state index contributed by atoms with van der Waals surface area (Å²) in [6.07, 6.45) is 3.50. The minimum Gasteiger partial charge on any atom is -0.497 e. The van der Waals surface area contributed by atoms with Gasteiger partial charge in [-0.3, -0.25) is 4.79 Å². The van der Waals surface area contributed by atoms with Gasteiger partial charge in [0.1, 0.15) is 11.3 Å². The molecule has 0 saturated carbocycles. The first kappa shape index (κ1) is 22.8. The largest absolute Gasteiger partial charge is 0.497 e. The van der Waals surface area contributed by atoms with Crippen molar-refractivity contribution in [3.8, 4) is 17.0 Å². The van der Waals surface area contributed by atoms with Gasteiger partial charge in [0.05, 0.1) is 19.0 Å². The van der Waals surface area contributed by atoms with Gasteiger partial charge in [0, 0.05) is 12.1 Å². The number of nitrogens with one attached hydrogen (secondary N) is 1. The predicted octanol–water partition coefficient (Wildman–Crippen LogP) is 4.84. The number of benzene rings is 1. The number of carbonyl (C=O) groups excluding carboxylic acids is 1. The van der Waals surface area contributed by atoms with Crippen LogP contribution in [0, 0.1) is 0 Å². The second kappa shape index (κ2) is 9.51. The maximum Gasteiger partial charge on any atom is 0.433 e. The Morgan fingerprint density at radius 1 is 1.25 bits per heavy atom. The fourth-order valence-corrected chi connectivity index (χ4v) is 2.89. The summed E-state index contributed by atoms with van der Waals surface area (Å²) in [6.45, 7) is 5.81. The van der Waals surface area contributed by atoms with E-state index in [1.807, 2.05) is 19.1 Å². The Kier molecular flexibility index (Phi) is 6.77. The van der Waals surface area contributed by atoms with Crippen LogP contribution in [0.3, 0.4) is 0 Å². The number of amides is 1. The fourth-order valence-electron chi connectivity index (χ4n) is 2.89. The Bertz CT molecular complexity index is 1190. The molecule has 0 unspecified atom stereocenters. The van der Waals surface area contributed by atoms with E-state index < -0.39 is 17.8 Å². The van der Waals surface area contributed by atoms with Gasteiger partial charge in [-0.2, -0.15) is 18.3 Å². The molecule has 0 saturated heterocycles. The van der Waals surface area contributed by atoms with Crippen molar-refractivity contribution < 1.29 is 22.7 Å². The fraction of sp³-hybridized carbons (Fsp3) is 0.174. The molecule has 3 aromatic rings. The number of allylic oxidation sites excluding steroid dienone is 3. The summed E-state index contributed by atoms with van der Waals surface area (Å²) >= 11 is 0. The first-order valence-electron chi connectivity index (χ1n) is 9.60. The number of halogens is 3. The number of methoxy groups -OCH3 is 1. The van der Waals surface area contributed by atoms with Crippen LogP contribution in [-0.2, 0) is 6.18 Å². The van der Waals surface area contributed by atoms with Crippen molar-refractivity contribution >= 4 is 11.6 Å². The predicted molar refractivity (Wildman–Crippen MR) is 115 cm³/mol. The number of nitrogens with zero attached hydrogens (tertiary/aromatic N) is 3. The smallest absolute Gasteiger partial charge is 0.433 e. The van der Waals surface area contributed by atoms with E-state index in [1.54, 1.807) is 36.4 Å². The van der Waals surface area contributed by atoms with Crippen molar-refractivity contribution in [2.45, 2.75) is 13.1 Å². The van der Waals surface area contributed by atoms with Gasteiger partial charge in [0.25, 0.3) is 5.91 Å². The van der Waals surface area contributed by atoms with E-state index in [1.165, 1.54) is 7.11 Å². The topological polar surface area (TPSA) is 68.5 Å². The maximum atomic E-state index is 13.7. The molecule has 0 bridgehead atoms. The monoisotopic (exact) mass is 442 g/mol. The van der Waals surface area contributed by atoms with Crippen LogP contribution < -0.4 is 10.1 Å². The number of hydrogen-bond donors (Lipinski definition) is 1. The summed E-state index contributed by atoms with van der Waals surface area (Å²) in [6, 6.07) is 7.32. The second-order valence-electron chi connectivity index (χ2n) is 6.77. The third kappa shape index (κ3) is 5.05. The zero-order valence-corrected chi connectivity index (χ0v) is 17.5. The Labute approximate surface area is 182 Å². The molecule has 2 heterocycles. The number of fused-ring (bicyclic) bond motifs is 1. The molecule has 2 aromatic heterocycles. The molecule has 1 N–H and O–H groups in total. The van der Waals surface area contributed by atoms with Crippen molar-refractivity contribution in [2.24, 2.45) is 0 Å². The molecule has 1 aromatic carbocycles. The van der Waals surface area contributed by atoms with Crippen LogP contribution in [0.5, 0.6) is 5.75 Å². The van der Waals surface area contributed by atoms with E-state index in [0.717, 1.165) is 12.3 Å². The molecule has 0 aliphatic rings. The van der Waals surface area contributed by atoms with Crippen molar-refractivity contribution in [1.29, 1.82) is 0 Å². The molecular weight excluding hydrogens is 421 g/mol. The lowest BCUT2D eigenvalue weighted by molar-refractivity contribution is -0.142. The van der Waals surface area contributed by atoms with Gasteiger partial charge in [0.15, 0.2) is 11.3 Å². The van der Waals surface area contributed by atoms with E-state index in [-0.39, 0.29) is 23.4 Å². The lowest BCUT2D eigenvalue weighted by atomic mass is 10.1. The lowest BCUT2D eigenvalue weighted by Crippen LogP contribution is -2.25. The molecule has 6 nitrogen and oxygen atoms in total. The van der Waals surface area contributed by atoms with Gasteiger partial charge < -0.3 is 10.1 Å². The Morgan fingerprint density at radius 2 is 1.97 bits per heavy atom. The summed E-state index contributed by atoms with van der Waals surface area (Å²) in [4.78, 5) is 17.0. The average Bonchev–Trinajstić information content (AvgIpc) is 3.20. The summed E-state index contributed by atoms with van der Waals surface area (Å²) in [5.74, 6) is -0.0490. The normalized spacial score (nSPS) is 12.0. The molecule has 1 amide bonds. The van der Waals surface area contributed by atoms with Gasteiger partial charge in [-0.25, -0.2) is 9.50 Å². The van der Waals surface area contributed by atoms with Crippen LogP contribution in [0.1, 0.15) is 23.0 Å². The molecule has 0 spiro atoms. The third-order valence-corrected chi connectivity index (χ3v) is 4.50. The molecule has 9 heteroatoms. The van der Waals surface area contributed by atoms with Gasteiger partial charge in [-0.1, -0.05) is 30.9 Å². The second-order valence-corrected chi connectivity index (χ2v) is 6.77. The standard InChI is InChI=1S/C23H21F3N4O2/c1-4-5-6-7-15(2)13-27-22(31)18-14-28-30-20(23(24,25)26)12-19(29-21(18)30)16-8-10-17(32-3)11-9-16/h4-12,14H,2,13H2,1,3H3,(H,27,31)/b5-4-,7-6-. The molecule has 0 atom stereocenters. The van der Waals surface area contributed by atoms with Gasteiger partial charge >= 0.3 is 6.18 Å². The van der Waals surface area contributed by atoms with E-state index in [2.05, 4.69) is 22.0 Å². The molecule has 166 valence electrons. The summed E-state index contributed by atoms with van der Waals surface area (Å²) < 4.78 is 46.8. The summed E-state index contributed by atoms with van der Waals surface area (Å²) in [5.41, 5.74) is -0.189. The number of aromatic nitrogens is 3. The van der Waals surface area contributed by atoms with Crippen LogP contribution >= 0.6 is 0 Å². The highest BCUT2D eigenvalue weighted by Gasteiger charge is 2.36. The molecule has 0 radical (unpaired) electrons. The van der Waals surface area contributed by atoms with Crippen molar-refractivity contribution in [2.75, 3.05) is 13.7 Å². The molecule has 0 fully saturated rings. The van der Waals surface area contributed by atoms with Gasteiger partial charge in [-0.15, -0.1) is 0 Å². The van der Waals surface area contributed by atoms with Gasteiger partial charge in [-0.05, 0) is 42.8 Å². The Balaban J connectivity index is 1.99. The van der Waals surface area contributed by atoms with Gasteiger partial charge in [0.2, 0.25) is 0 Å². The first-order chi connectivity index (χ1) is 15.2. The molecule has 0 aliphatic heterocycles. The highest BCUT2D eigenvalue weighted by atomic mass is 19.4. The number of carbonyl (C=O) groups is 1. The van der Waals surface area contributed by atoms with Crippen LogP contribution in [0.4, 0.5) is 13.2 Å². The average molecular weight is 442 g/mol. The maximum absolute atomic E-state index is 13.7. The van der Waals surface area contributed by atoms with E-state index in [0.29, 0.717) is 21.4 Å². The van der Waals surface area contributed by atoms with Crippen LogP contribution in [0.15, 0.2) is 73.0 Å². The minimum atomic E-state index is -4.70. The Morgan fingerprint density at radius 3 is 2.59 bits per heavy atom. The quantitative estimate of drug-likeness (QED) is 0.532. The Hall–Kier alpha value is -3.88. The summed E-state index contributed by atoms with van der Waals surface area (Å²) in [5, 5.41) is 6.40. The first-order valence-corrected chi connectivity index (χ1v) is 9.60. The third-order valence-electron chi connectivity index (χ3n) is 4.50. The van der Waals surface area contributed by atoms with Crippen LogP contribution in [0.25, 0.3) is 16.9 Å². The number of alkyl halides is 3. The van der Waals surface area contributed by atoms with Crippen LogP contribution in [0.2, 0.25) is 0 Å². The number of rotatable bonds is 7. The van der Waals surface area contributed by atoms with Crippen molar-refractivity contribution in [3.05, 3.63) is 84.2 Å². The molecule has 3 rings (SSSR count). The van der Waals surface area contributed by atoms with Crippen LogP contribution in [-0.4, -0.2) is 34.2 Å². The van der Waals surface area contributed by atoms with Crippen molar-refractivity contribution in [1.82, 2.24) is 19.9 Å². The molecule has 0 aliphatic carbocycles. The molecular formula is C23H21F3N4O2. The number of ether oxygens (including phenoxy) is 1. The summed E-state index contributed by atoms with van der Waals surface area (Å²) in [7, 11) is 1.49. The van der Waals surface area contributed by atoms with E-state index in [4.69, 9.17) is 4.74 Å².